The van der Waals surface area contributed by atoms with Crippen molar-refractivity contribution < 1.29 is 4.79 Å². The summed E-state index contributed by atoms with van der Waals surface area (Å²) in [5.74, 6) is -0.0480. The standard InChI is InChI=1S/C15H19N3O/c1-3-18-12(2)14(11-17-18)15(19)16-10-9-13-7-5-4-6-8-13/h4-8,11H,3,9-10H2,1-2H3,(H,16,19). The van der Waals surface area contributed by atoms with Crippen LogP contribution in [0.25, 0.3) is 0 Å². The number of rotatable bonds is 5. The van der Waals surface area contributed by atoms with E-state index in [1.807, 2.05) is 36.7 Å². The zero-order chi connectivity index (χ0) is 13.7. The van der Waals surface area contributed by atoms with Crippen LogP contribution >= 0.6 is 0 Å². The summed E-state index contributed by atoms with van der Waals surface area (Å²) in [6.07, 6.45) is 2.48. The van der Waals surface area contributed by atoms with Crippen molar-refractivity contribution in [2.75, 3.05) is 6.54 Å². The summed E-state index contributed by atoms with van der Waals surface area (Å²) in [6, 6.07) is 10.1. The number of nitrogens with zero attached hydrogens (tertiary/aromatic N) is 2. The van der Waals surface area contributed by atoms with Crippen molar-refractivity contribution in [2.45, 2.75) is 26.8 Å². The molecule has 1 amide bonds. The highest BCUT2D eigenvalue weighted by molar-refractivity contribution is 5.95. The van der Waals surface area contributed by atoms with E-state index in [1.54, 1.807) is 6.20 Å². The Morgan fingerprint density at radius 1 is 1.32 bits per heavy atom. The third-order valence-corrected chi connectivity index (χ3v) is 3.19. The third-order valence-electron chi connectivity index (χ3n) is 3.19. The van der Waals surface area contributed by atoms with Crippen LogP contribution in [0.5, 0.6) is 0 Å². The zero-order valence-corrected chi connectivity index (χ0v) is 11.4. The van der Waals surface area contributed by atoms with Gasteiger partial charge in [-0.25, -0.2) is 0 Å². The van der Waals surface area contributed by atoms with Gasteiger partial charge in [-0.05, 0) is 25.8 Å². The summed E-state index contributed by atoms with van der Waals surface area (Å²) < 4.78 is 1.83. The maximum atomic E-state index is 12.0. The van der Waals surface area contributed by atoms with Gasteiger partial charge >= 0.3 is 0 Å². The molecule has 1 aromatic carbocycles. The molecule has 0 radical (unpaired) electrons. The van der Waals surface area contributed by atoms with E-state index in [4.69, 9.17) is 0 Å². The lowest BCUT2D eigenvalue weighted by atomic mass is 10.1. The minimum Gasteiger partial charge on any atom is -0.352 e. The number of aromatic nitrogens is 2. The van der Waals surface area contributed by atoms with Gasteiger partial charge in [0, 0.05) is 18.8 Å². The second-order valence-corrected chi connectivity index (χ2v) is 4.45. The molecule has 2 rings (SSSR count). The van der Waals surface area contributed by atoms with Gasteiger partial charge in [-0.15, -0.1) is 0 Å². The molecule has 2 aromatic rings. The molecule has 4 nitrogen and oxygen atoms in total. The molecule has 1 aromatic heterocycles. The maximum Gasteiger partial charge on any atom is 0.254 e. The van der Waals surface area contributed by atoms with Crippen LogP contribution in [-0.4, -0.2) is 22.2 Å². The number of carbonyl (C=O) groups is 1. The first kappa shape index (κ1) is 13.3. The van der Waals surface area contributed by atoms with Crippen molar-refractivity contribution in [1.29, 1.82) is 0 Å². The highest BCUT2D eigenvalue weighted by Crippen LogP contribution is 2.07. The number of carbonyl (C=O) groups excluding carboxylic acids is 1. The Morgan fingerprint density at radius 2 is 2.05 bits per heavy atom. The Bertz CT molecular complexity index is 546. The smallest absolute Gasteiger partial charge is 0.254 e. The first-order chi connectivity index (χ1) is 9.22. The summed E-state index contributed by atoms with van der Waals surface area (Å²) in [6.45, 7) is 5.35. The van der Waals surface area contributed by atoms with E-state index in [1.165, 1.54) is 5.56 Å². The molecule has 0 aliphatic carbocycles. The van der Waals surface area contributed by atoms with E-state index in [-0.39, 0.29) is 5.91 Å². The first-order valence-corrected chi connectivity index (χ1v) is 6.57. The van der Waals surface area contributed by atoms with E-state index >= 15 is 0 Å². The molecule has 0 atom stereocenters. The van der Waals surface area contributed by atoms with Crippen LogP contribution < -0.4 is 5.32 Å². The Hall–Kier alpha value is -2.10. The minimum atomic E-state index is -0.0480. The van der Waals surface area contributed by atoms with Crippen LogP contribution in [0.15, 0.2) is 36.5 Å². The topological polar surface area (TPSA) is 46.9 Å². The van der Waals surface area contributed by atoms with Gasteiger partial charge in [-0.1, -0.05) is 30.3 Å². The van der Waals surface area contributed by atoms with Gasteiger partial charge in [-0.2, -0.15) is 5.10 Å². The van der Waals surface area contributed by atoms with Crippen LogP contribution in [-0.2, 0) is 13.0 Å². The Morgan fingerprint density at radius 3 is 2.68 bits per heavy atom. The van der Waals surface area contributed by atoms with Crippen LogP contribution in [0.2, 0.25) is 0 Å². The number of nitrogens with one attached hydrogen (secondary N) is 1. The Labute approximate surface area is 113 Å². The molecule has 0 unspecified atom stereocenters. The predicted octanol–water partition coefficient (Wildman–Crippen LogP) is 2.18. The van der Waals surface area contributed by atoms with Gasteiger partial charge in [0.05, 0.1) is 11.8 Å². The molecule has 0 saturated carbocycles. The SMILES string of the molecule is CCn1ncc(C(=O)NCCc2ccccc2)c1C. The second-order valence-electron chi connectivity index (χ2n) is 4.45. The summed E-state index contributed by atoms with van der Waals surface area (Å²) in [5.41, 5.74) is 2.80. The minimum absolute atomic E-state index is 0.0480. The molecular formula is C15H19N3O. The van der Waals surface area contributed by atoms with Crippen molar-refractivity contribution in [2.24, 2.45) is 0 Å². The fourth-order valence-electron chi connectivity index (χ4n) is 2.05. The molecule has 19 heavy (non-hydrogen) atoms. The van der Waals surface area contributed by atoms with Crippen LogP contribution in [0.3, 0.4) is 0 Å². The fraction of sp³-hybridized carbons (Fsp3) is 0.333. The molecule has 0 aliphatic heterocycles. The quantitative estimate of drug-likeness (QED) is 0.892. The van der Waals surface area contributed by atoms with E-state index in [0.29, 0.717) is 12.1 Å². The summed E-state index contributed by atoms with van der Waals surface area (Å²) in [7, 11) is 0. The summed E-state index contributed by atoms with van der Waals surface area (Å²) >= 11 is 0. The number of amides is 1. The molecule has 0 aliphatic rings. The number of hydrogen-bond donors (Lipinski definition) is 1. The van der Waals surface area contributed by atoms with Crippen molar-refractivity contribution in [3.8, 4) is 0 Å². The molecule has 4 heteroatoms. The van der Waals surface area contributed by atoms with Gasteiger partial charge in [0.25, 0.3) is 5.91 Å². The molecule has 0 fully saturated rings. The Kier molecular flexibility index (Phi) is 4.34. The fourth-order valence-corrected chi connectivity index (χ4v) is 2.05. The average Bonchev–Trinajstić information content (AvgIpc) is 2.81. The van der Waals surface area contributed by atoms with Gasteiger partial charge in [0.1, 0.15) is 0 Å². The summed E-state index contributed by atoms with van der Waals surface area (Å²) in [4.78, 5) is 12.0. The number of aryl methyl sites for hydroxylation is 1. The maximum absolute atomic E-state index is 12.0. The lowest BCUT2D eigenvalue weighted by Gasteiger charge is -2.05. The van der Waals surface area contributed by atoms with Crippen molar-refractivity contribution >= 4 is 5.91 Å². The lowest BCUT2D eigenvalue weighted by molar-refractivity contribution is 0.0953. The second kappa shape index (κ2) is 6.18. The van der Waals surface area contributed by atoms with E-state index in [0.717, 1.165) is 18.7 Å². The summed E-state index contributed by atoms with van der Waals surface area (Å²) in [5, 5.41) is 7.11. The van der Waals surface area contributed by atoms with Crippen molar-refractivity contribution in [3.05, 3.63) is 53.3 Å². The first-order valence-electron chi connectivity index (χ1n) is 6.57. The van der Waals surface area contributed by atoms with Gasteiger partial charge in [-0.3, -0.25) is 9.48 Å². The Balaban J connectivity index is 1.89. The predicted molar refractivity (Wildman–Crippen MR) is 75.1 cm³/mol. The third kappa shape index (κ3) is 3.22. The molecule has 0 bridgehead atoms. The molecular weight excluding hydrogens is 238 g/mol. The lowest BCUT2D eigenvalue weighted by Crippen LogP contribution is -2.26. The van der Waals surface area contributed by atoms with Gasteiger partial charge in [0.15, 0.2) is 0 Å². The van der Waals surface area contributed by atoms with Crippen molar-refractivity contribution in [3.63, 3.8) is 0 Å². The van der Waals surface area contributed by atoms with Gasteiger partial charge in [0.2, 0.25) is 0 Å². The van der Waals surface area contributed by atoms with Crippen LogP contribution in [0, 0.1) is 6.92 Å². The van der Waals surface area contributed by atoms with Crippen molar-refractivity contribution in [1.82, 2.24) is 15.1 Å². The monoisotopic (exact) mass is 257 g/mol. The van der Waals surface area contributed by atoms with E-state index < -0.39 is 0 Å². The zero-order valence-electron chi connectivity index (χ0n) is 11.4. The van der Waals surface area contributed by atoms with E-state index in [2.05, 4.69) is 22.5 Å². The van der Waals surface area contributed by atoms with Gasteiger partial charge < -0.3 is 5.32 Å². The van der Waals surface area contributed by atoms with Crippen LogP contribution in [0.4, 0.5) is 0 Å². The molecule has 1 N–H and O–H groups in total. The average molecular weight is 257 g/mol. The largest absolute Gasteiger partial charge is 0.352 e. The molecule has 1 heterocycles. The normalized spacial score (nSPS) is 10.4. The molecule has 0 saturated heterocycles. The highest BCUT2D eigenvalue weighted by Gasteiger charge is 2.12. The molecule has 100 valence electrons. The number of hydrogen-bond acceptors (Lipinski definition) is 2. The molecule has 0 spiro atoms. The van der Waals surface area contributed by atoms with Crippen LogP contribution in [0.1, 0.15) is 28.5 Å². The highest BCUT2D eigenvalue weighted by atomic mass is 16.1. The van der Waals surface area contributed by atoms with E-state index in [9.17, 15) is 4.79 Å². The number of benzene rings is 1.